The van der Waals surface area contributed by atoms with Crippen LogP contribution < -0.4 is 21.5 Å². The Hall–Kier alpha value is -2.34. The first-order valence-corrected chi connectivity index (χ1v) is 15.1. The van der Waals surface area contributed by atoms with Crippen molar-refractivity contribution in [3.63, 3.8) is 0 Å². The number of nitrogens with zero attached hydrogens (tertiary/aromatic N) is 3. The Morgan fingerprint density at radius 2 is 1.68 bits per heavy atom. The van der Waals surface area contributed by atoms with Gasteiger partial charge in [-0.3, -0.25) is 19.5 Å². The van der Waals surface area contributed by atoms with E-state index in [0.717, 1.165) is 77.8 Å². The fraction of sp³-hybridized carbons (Fsp3) is 0.654. The summed E-state index contributed by atoms with van der Waals surface area (Å²) in [7, 11) is -3.26. The van der Waals surface area contributed by atoms with E-state index in [-0.39, 0.29) is 17.5 Å². The lowest BCUT2D eigenvalue weighted by Crippen LogP contribution is -2.46. The molecule has 2 fully saturated rings. The first-order chi connectivity index (χ1) is 18.0. The third-order valence-electron chi connectivity index (χ3n) is 7.29. The van der Waals surface area contributed by atoms with Crippen LogP contribution in [0.4, 0.5) is 17.1 Å². The Morgan fingerprint density at radius 3 is 2.38 bits per heavy atom. The lowest BCUT2D eigenvalue weighted by Gasteiger charge is -2.37. The fourth-order valence-corrected chi connectivity index (χ4v) is 6.73. The maximum Gasteiger partial charge on any atom is 0.253 e. The van der Waals surface area contributed by atoms with Crippen LogP contribution in [-0.4, -0.2) is 80.3 Å². The van der Waals surface area contributed by atoms with Crippen molar-refractivity contribution in [2.24, 2.45) is 0 Å². The minimum atomic E-state index is -3.26. The van der Waals surface area contributed by atoms with Gasteiger partial charge in [-0.1, -0.05) is 19.3 Å². The van der Waals surface area contributed by atoms with E-state index in [9.17, 15) is 18.0 Å². The summed E-state index contributed by atoms with van der Waals surface area (Å²) >= 11 is 0. The van der Waals surface area contributed by atoms with E-state index in [1.807, 2.05) is 0 Å². The molecule has 0 spiro atoms. The third-order valence-corrected chi connectivity index (χ3v) is 9.29. The third kappa shape index (κ3) is 7.59. The maximum atomic E-state index is 13.1. The van der Waals surface area contributed by atoms with Crippen LogP contribution in [0.3, 0.4) is 0 Å². The molecule has 37 heavy (non-hydrogen) atoms. The molecule has 0 atom stereocenters. The van der Waals surface area contributed by atoms with Crippen LogP contribution in [0.5, 0.6) is 0 Å². The Labute approximate surface area is 219 Å². The number of hydrogen-bond acceptors (Lipinski definition) is 9. The molecule has 2 heterocycles. The lowest BCUT2D eigenvalue weighted by atomic mass is 9.93. The van der Waals surface area contributed by atoms with Crippen LogP contribution in [-0.2, 0) is 14.8 Å². The molecule has 2 aromatic rings. The monoisotopic (exact) mass is 533 g/mol. The number of rotatable bonds is 16. The normalized spacial score (nSPS) is 17.2. The standard InChI is InChI=1S/C26H39N5O5S/c32-25-23(24(26(25)33)29-21-9-12-27-13-10-21)28-11-3-1-2-4-20-37(34,35)31(22-7-5-8-22)15-6-14-30-16-18-36-19-17-30/h9-10,12-13,22,28H,1-8,11,14-20H2,(H,27,29). The Bertz CT molecular complexity index is 1160. The molecule has 204 valence electrons. The van der Waals surface area contributed by atoms with E-state index in [4.69, 9.17) is 4.74 Å². The van der Waals surface area contributed by atoms with Crippen LogP contribution in [0, 0.1) is 0 Å². The number of anilines is 3. The van der Waals surface area contributed by atoms with Crippen molar-refractivity contribution < 1.29 is 13.2 Å². The Balaban J connectivity index is 1.14. The largest absolute Gasteiger partial charge is 0.380 e. The molecular weight excluding hydrogens is 494 g/mol. The topological polar surface area (TPSA) is 121 Å². The van der Waals surface area contributed by atoms with Gasteiger partial charge in [-0.25, -0.2) is 8.42 Å². The highest BCUT2D eigenvalue weighted by Crippen LogP contribution is 2.28. The molecule has 1 aliphatic carbocycles. The molecular formula is C26H39N5O5S. The van der Waals surface area contributed by atoms with Gasteiger partial charge in [0, 0.05) is 50.3 Å². The van der Waals surface area contributed by atoms with Crippen molar-refractivity contribution >= 4 is 27.1 Å². The van der Waals surface area contributed by atoms with E-state index >= 15 is 0 Å². The van der Waals surface area contributed by atoms with E-state index in [1.165, 1.54) is 0 Å². The number of aromatic nitrogens is 1. The van der Waals surface area contributed by atoms with E-state index < -0.39 is 20.9 Å². The predicted octanol–water partition coefficient (Wildman–Crippen LogP) is 2.30. The van der Waals surface area contributed by atoms with Gasteiger partial charge >= 0.3 is 0 Å². The average Bonchev–Trinajstić information content (AvgIpc) is 2.88. The average molecular weight is 534 g/mol. The smallest absolute Gasteiger partial charge is 0.253 e. The van der Waals surface area contributed by atoms with Gasteiger partial charge < -0.3 is 15.4 Å². The summed E-state index contributed by atoms with van der Waals surface area (Å²) in [4.78, 5) is 30.2. The number of unbranched alkanes of at least 4 members (excludes halogenated alkanes) is 3. The molecule has 4 rings (SSSR count). The highest BCUT2D eigenvalue weighted by Gasteiger charge is 2.33. The van der Waals surface area contributed by atoms with Crippen LogP contribution >= 0.6 is 0 Å². The molecule has 1 saturated heterocycles. The number of ether oxygens (including phenoxy) is 1. The quantitative estimate of drug-likeness (QED) is 0.247. The van der Waals surface area contributed by atoms with Gasteiger partial charge in [0.2, 0.25) is 10.0 Å². The second-order valence-corrected chi connectivity index (χ2v) is 12.0. The molecule has 0 radical (unpaired) electrons. The fourth-order valence-electron chi connectivity index (χ4n) is 4.85. The highest BCUT2D eigenvalue weighted by atomic mass is 32.2. The SMILES string of the molecule is O=c1c(NCCCCCCS(=O)(=O)N(CCCN2CCOCC2)C2CCC2)c(Nc2ccncc2)c1=O. The lowest BCUT2D eigenvalue weighted by molar-refractivity contribution is 0.0363. The van der Waals surface area contributed by atoms with Crippen molar-refractivity contribution in [3.05, 3.63) is 45.0 Å². The summed E-state index contributed by atoms with van der Waals surface area (Å²) in [6.07, 6.45) is 10.2. The summed E-state index contributed by atoms with van der Waals surface area (Å²) < 4.78 is 33.4. The van der Waals surface area contributed by atoms with Crippen LogP contribution in [0.2, 0.25) is 0 Å². The molecule has 0 unspecified atom stereocenters. The van der Waals surface area contributed by atoms with Crippen LogP contribution in [0.15, 0.2) is 34.1 Å². The number of pyridine rings is 1. The molecule has 2 aliphatic rings. The van der Waals surface area contributed by atoms with Gasteiger partial charge in [0.1, 0.15) is 11.4 Å². The van der Waals surface area contributed by atoms with Crippen molar-refractivity contribution in [3.8, 4) is 0 Å². The summed E-state index contributed by atoms with van der Waals surface area (Å²) in [5, 5.41) is 6.04. The Morgan fingerprint density at radius 1 is 0.973 bits per heavy atom. The van der Waals surface area contributed by atoms with E-state index in [0.29, 0.717) is 30.9 Å². The predicted molar refractivity (Wildman–Crippen MR) is 146 cm³/mol. The zero-order valence-corrected chi connectivity index (χ0v) is 22.3. The van der Waals surface area contributed by atoms with Gasteiger partial charge in [0.05, 0.1) is 19.0 Å². The number of hydrogen-bond donors (Lipinski definition) is 2. The van der Waals surface area contributed by atoms with Gasteiger partial charge in [-0.2, -0.15) is 4.31 Å². The van der Waals surface area contributed by atoms with Gasteiger partial charge in [-0.05, 0) is 50.8 Å². The molecule has 1 saturated carbocycles. The molecule has 1 aromatic carbocycles. The van der Waals surface area contributed by atoms with Gasteiger partial charge in [0.25, 0.3) is 10.9 Å². The molecule has 11 heteroatoms. The first-order valence-electron chi connectivity index (χ1n) is 13.5. The summed E-state index contributed by atoms with van der Waals surface area (Å²) in [5.41, 5.74) is 0.269. The van der Waals surface area contributed by atoms with Crippen LogP contribution in [0.25, 0.3) is 0 Å². The van der Waals surface area contributed by atoms with Gasteiger partial charge in [-0.15, -0.1) is 0 Å². The first kappa shape index (κ1) is 27.7. The zero-order chi connectivity index (χ0) is 26.1. The summed E-state index contributed by atoms with van der Waals surface area (Å²) in [6.45, 7) is 5.44. The maximum absolute atomic E-state index is 13.1. The van der Waals surface area contributed by atoms with Crippen LogP contribution in [0.1, 0.15) is 51.4 Å². The van der Waals surface area contributed by atoms with Crippen molar-refractivity contribution in [1.29, 1.82) is 0 Å². The molecule has 10 nitrogen and oxygen atoms in total. The molecule has 1 aliphatic heterocycles. The minimum Gasteiger partial charge on any atom is -0.380 e. The Kier molecular flexibility index (Phi) is 10.1. The van der Waals surface area contributed by atoms with E-state index in [2.05, 4.69) is 20.5 Å². The molecule has 1 aromatic heterocycles. The van der Waals surface area contributed by atoms with Gasteiger partial charge in [0.15, 0.2) is 0 Å². The number of nitrogens with one attached hydrogen (secondary N) is 2. The van der Waals surface area contributed by atoms with E-state index in [1.54, 1.807) is 28.8 Å². The van der Waals surface area contributed by atoms with Crippen molar-refractivity contribution in [2.75, 3.05) is 62.3 Å². The molecule has 0 amide bonds. The highest BCUT2D eigenvalue weighted by molar-refractivity contribution is 7.89. The summed E-state index contributed by atoms with van der Waals surface area (Å²) in [6, 6.07) is 3.63. The second kappa shape index (κ2) is 13.5. The number of sulfonamides is 1. The van der Waals surface area contributed by atoms with Crippen molar-refractivity contribution in [1.82, 2.24) is 14.2 Å². The van der Waals surface area contributed by atoms with Crippen molar-refractivity contribution in [2.45, 2.75) is 57.4 Å². The second-order valence-electron chi connectivity index (χ2n) is 9.93. The minimum absolute atomic E-state index is 0.171. The molecule has 2 N–H and O–H groups in total. The number of morpholine rings is 1. The molecule has 0 bridgehead atoms. The summed E-state index contributed by atoms with van der Waals surface area (Å²) in [5.74, 6) is 0.187. The zero-order valence-electron chi connectivity index (χ0n) is 21.5.